The molecule has 1 aliphatic rings. The summed E-state index contributed by atoms with van der Waals surface area (Å²) in [6.45, 7) is 10.7. The van der Waals surface area contributed by atoms with Gasteiger partial charge >= 0.3 is 0 Å². The van der Waals surface area contributed by atoms with Gasteiger partial charge in [0.2, 0.25) is 5.91 Å². The molecule has 4 nitrogen and oxygen atoms in total. The fourth-order valence-electron chi connectivity index (χ4n) is 2.52. The number of hydrogen-bond donors (Lipinski definition) is 2. The maximum absolute atomic E-state index is 10.6. The normalized spacial score (nSPS) is 25.3. The van der Waals surface area contributed by atoms with Crippen LogP contribution >= 0.6 is 0 Å². The van der Waals surface area contributed by atoms with E-state index in [1.165, 1.54) is 0 Å². The molecule has 1 aliphatic carbocycles. The zero-order valence-corrected chi connectivity index (χ0v) is 12.9. The lowest BCUT2D eigenvalue weighted by Gasteiger charge is -2.52. The Labute approximate surface area is 117 Å². The van der Waals surface area contributed by atoms with Crippen LogP contribution in [0.2, 0.25) is 0 Å². The van der Waals surface area contributed by atoms with Crippen LogP contribution in [0.15, 0.2) is 0 Å². The Bertz CT molecular complexity index is 290. The third-order valence-electron chi connectivity index (χ3n) is 4.05. The Balaban J connectivity index is 2.14. The third-order valence-corrected chi connectivity index (χ3v) is 4.05. The standard InChI is InChI=1S/C15H30N2O2/c1-11(2)10-19-13-9-12(15(13,3)4)17-8-6-5-7-14(16)18/h11-13,17H,5-10H2,1-4H3,(H2,16,18). The molecule has 0 aromatic heterocycles. The minimum atomic E-state index is -0.203. The lowest BCUT2D eigenvalue weighted by atomic mass is 9.64. The second-order valence-corrected chi connectivity index (χ2v) is 6.70. The summed E-state index contributed by atoms with van der Waals surface area (Å²) in [5.74, 6) is 0.391. The summed E-state index contributed by atoms with van der Waals surface area (Å²) >= 11 is 0. The highest BCUT2D eigenvalue weighted by Crippen LogP contribution is 2.42. The molecule has 0 radical (unpaired) electrons. The lowest BCUT2D eigenvalue weighted by Crippen LogP contribution is -2.61. The average molecular weight is 270 g/mol. The van der Waals surface area contributed by atoms with Crippen LogP contribution < -0.4 is 11.1 Å². The molecule has 19 heavy (non-hydrogen) atoms. The number of nitrogens with two attached hydrogens (primary N) is 1. The van der Waals surface area contributed by atoms with E-state index in [1.807, 2.05) is 0 Å². The molecular weight excluding hydrogens is 240 g/mol. The second kappa shape index (κ2) is 7.25. The highest BCUT2D eigenvalue weighted by Gasteiger charge is 2.48. The van der Waals surface area contributed by atoms with Crippen molar-refractivity contribution in [3.8, 4) is 0 Å². The molecule has 0 saturated heterocycles. The SMILES string of the molecule is CC(C)COC1CC(NCCCCC(N)=O)C1(C)C. The van der Waals surface area contributed by atoms with E-state index in [0.29, 0.717) is 24.5 Å². The Morgan fingerprint density at radius 1 is 1.42 bits per heavy atom. The zero-order chi connectivity index (χ0) is 14.5. The predicted octanol–water partition coefficient (Wildman–Crippen LogP) is 2.07. The first-order chi connectivity index (χ1) is 8.84. The van der Waals surface area contributed by atoms with Crippen molar-refractivity contribution in [2.75, 3.05) is 13.2 Å². The number of primary amides is 1. The predicted molar refractivity (Wildman–Crippen MR) is 77.8 cm³/mol. The second-order valence-electron chi connectivity index (χ2n) is 6.70. The monoisotopic (exact) mass is 270 g/mol. The molecule has 2 unspecified atom stereocenters. The number of hydrogen-bond acceptors (Lipinski definition) is 3. The molecule has 0 aromatic carbocycles. The molecule has 3 N–H and O–H groups in total. The quantitative estimate of drug-likeness (QED) is 0.630. The van der Waals surface area contributed by atoms with Crippen molar-refractivity contribution < 1.29 is 9.53 Å². The summed E-state index contributed by atoms with van der Waals surface area (Å²) in [6, 6.07) is 0.526. The van der Waals surface area contributed by atoms with Crippen molar-refractivity contribution in [1.29, 1.82) is 0 Å². The molecule has 0 spiro atoms. The molecule has 1 saturated carbocycles. The number of nitrogens with one attached hydrogen (secondary N) is 1. The average Bonchev–Trinajstić information content (AvgIpc) is 2.29. The summed E-state index contributed by atoms with van der Waals surface area (Å²) in [7, 11) is 0. The van der Waals surface area contributed by atoms with Crippen LogP contribution in [-0.2, 0) is 9.53 Å². The van der Waals surface area contributed by atoms with E-state index in [9.17, 15) is 4.79 Å². The van der Waals surface area contributed by atoms with Gasteiger partial charge in [0, 0.05) is 24.5 Å². The van der Waals surface area contributed by atoms with Gasteiger partial charge in [-0.05, 0) is 31.7 Å². The number of amides is 1. The van der Waals surface area contributed by atoms with Crippen molar-refractivity contribution in [3.05, 3.63) is 0 Å². The first kappa shape index (κ1) is 16.4. The molecule has 0 bridgehead atoms. The van der Waals surface area contributed by atoms with Crippen molar-refractivity contribution in [2.24, 2.45) is 17.1 Å². The van der Waals surface area contributed by atoms with E-state index < -0.39 is 0 Å². The lowest BCUT2D eigenvalue weighted by molar-refractivity contribution is -0.123. The largest absolute Gasteiger partial charge is 0.377 e. The van der Waals surface area contributed by atoms with Gasteiger partial charge in [-0.15, -0.1) is 0 Å². The third kappa shape index (κ3) is 5.11. The van der Waals surface area contributed by atoms with Gasteiger partial charge in [-0.2, -0.15) is 0 Å². The van der Waals surface area contributed by atoms with E-state index in [-0.39, 0.29) is 11.3 Å². The molecule has 1 fully saturated rings. The van der Waals surface area contributed by atoms with Gasteiger partial charge in [-0.25, -0.2) is 0 Å². The van der Waals surface area contributed by atoms with Gasteiger partial charge in [-0.1, -0.05) is 27.7 Å². The Morgan fingerprint density at radius 3 is 2.63 bits per heavy atom. The minimum absolute atomic E-state index is 0.203. The zero-order valence-electron chi connectivity index (χ0n) is 12.9. The minimum Gasteiger partial charge on any atom is -0.377 e. The van der Waals surface area contributed by atoms with Gasteiger partial charge < -0.3 is 15.8 Å². The fraction of sp³-hybridized carbons (Fsp3) is 0.933. The van der Waals surface area contributed by atoms with Crippen molar-refractivity contribution in [1.82, 2.24) is 5.32 Å². The topological polar surface area (TPSA) is 64.3 Å². The van der Waals surface area contributed by atoms with Gasteiger partial charge in [0.1, 0.15) is 0 Å². The number of carbonyl (C=O) groups excluding carboxylic acids is 1. The Kier molecular flexibility index (Phi) is 6.27. The van der Waals surface area contributed by atoms with Crippen molar-refractivity contribution >= 4 is 5.91 Å². The summed E-state index contributed by atoms with van der Waals surface area (Å²) in [6.07, 6.45) is 3.85. The van der Waals surface area contributed by atoms with E-state index >= 15 is 0 Å². The van der Waals surface area contributed by atoms with E-state index in [2.05, 4.69) is 33.0 Å². The molecule has 0 heterocycles. The highest BCUT2D eigenvalue weighted by molar-refractivity contribution is 5.73. The Hall–Kier alpha value is -0.610. The number of rotatable bonds is 9. The molecule has 0 aliphatic heterocycles. The summed E-state index contributed by atoms with van der Waals surface area (Å²) in [4.78, 5) is 10.6. The van der Waals surface area contributed by atoms with Crippen LogP contribution in [0.3, 0.4) is 0 Å². The summed E-state index contributed by atoms with van der Waals surface area (Å²) < 4.78 is 5.94. The molecular formula is C15H30N2O2. The van der Waals surface area contributed by atoms with Crippen LogP contribution in [0.25, 0.3) is 0 Å². The smallest absolute Gasteiger partial charge is 0.217 e. The van der Waals surface area contributed by atoms with Gasteiger partial charge in [0.05, 0.1) is 6.10 Å². The fourth-order valence-corrected chi connectivity index (χ4v) is 2.52. The molecule has 2 atom stereocenters. The van der Waals surface area contributed by atoms with Crippen LogP contribution in [0.1, 0.15) is 53.4 Å². The highest BCUT2D eigenvalue weighted by atomic mass is 16.5. The van der Waals surface area contributed by atoms with Gasteiger partial charge in [0.25, 0.3) is 0 Å². The first-order valence-electron chi connectivity index (χ1n) is 7.47. The number of carbonyl (C=O) groups is 1. The molecule has 1 rings (SSSR count). The van der Waals surface area contributed by atoms with E-state index in [4.69, 9.17) is 10.5 Å². The van der Waals surface area contributed by atoms with E-state index in [1.54, 1.807) is 0 Å². The van der Waals surface area contributed by atoms with Gasteiger partial charge in [-0.3, -0.25) is 4.79 Å². The molecule has 0 aromatic rings. The maximum Gasteiger partial charge on any atom is 0.217 e. The summed E-state index contributed by atoms with van der Waals surface area (Å²) in [5.41, 5.74) is 5.32. The van der Waals surface area contributed by atoms with Gasteiger partial charge in [0.15, 0.2) is 0 Å². The molecule has 4 heteroatoms. The van der Waals surface area contributed by atoms with Crippen molar-refractivity contribution in [3.63, 3.8) is 0 Å². The number of unbranched alkanes of at least 4 members (excludes halogenated alkanes) is 1. The van der Waals surface area contributed by atoms with Crippen LogP contribution in [-0.4, -0.2) is 31.2 Å². The summed E-state index contributed by atoms with van der Waals surface area (Å²) in [5, 5.41) is 3.57. The molecule has 1 amide bonds. The molecule has 112 valence electrons. The number of ether oxygens (including phenoxy) is 1. The van der Waals surface area contributed by atoms with Crippen LogP contribution in [0, 0.1) is 11.3 Å². The van der Waals surface area contributed by atoms with Crippen molar-refractivity contribution in [2.45, 2.75) is 65.5 Å². The Morgan fingerprint density at radius 2 is 2.11 bits per heavy atom. The first-order valence-corrected chi connectivity index (χ1v) is 7.47. The van der Waals surface area contributed by atoms with E-state index in [0.717, 1.165) is 32.4 Å². The maximum atomic E-state index is 10.6. The van der Waals surface area contributed by atoms with Crippen LogP contribution in [0.4, 0.5) is 0 Å². The van der Waals surface area contributed by atoms with Crippen LogP contribution in [0.5, 0.6) is 0 Å².